The molecule has 3 heterocycles. The Hall–Kier alpha value is -1.22. The minimum Gasteiger partial charge on any atom is -0.335 e. The van der Waals surface area contributed by atoms with E-state index < -0.39 is 10.0 Å². The highest BCUT2D eigenvalue weighted by molar-refractivity contribution is 7.91. The predicted molar refractivity (Wildman–Crippen MR) is 92.8 cm³/mol. The zero-order chi connectivity index (χ0) is 16.6. The van der Waals surface area contributed by atoms with Gasteiger partial charge in [0.1, 0.15) is 4.21 Å². The molecule has 2 aromatic rings. The first-order valence-electron chi connectivity index (χ1n) is 7.29. The van der Waals surface area contributed by atoms with Crippen molar-refractivity contribution < 1.29 is 13.2 Å². The largest absolute Gasteiger partial charge is 0.335 e. The van der Waals surface area contributed by atoms with Crippen molar-refractivity contribution in [2.24, 2.45) is 0 Å². The highest BCUT2D eigenvalue weighted by Gasteiger charge is 2.31. The number of rotatable bonds is 3. The van der Waals surface area contributed by atoms with Crippen molar-refractivity contribution in [3.05, 3.63) is 38.9 Å². The van der Waals surface area contributed by atoms with Crippen molar-refractivity contribution >= 4 is 38.6 Å². The summed E-state index contributed by atoms with van der Waals surface area (Å²) in [6.45, 7) is 5.54. The lowest BCUT2D eigenvalue weighted by Crippen LogP contribution is -2.50. The summed E-state index contributed by atoms with van der Waals surface area (Å²) in [6, 6.07) is 5.27. The predicted octanol–water partition coefficient (Wildman–Crippen LogP) is 2.57. The maximum absolute atomic E-state index is 12.5. The van der Waals surface area contributed by atoms with Gasteiger partial charge in [0.15, 0.2) is 0 Å². The molecule has 8 heteroatoms. The van der Waals surface area contributed by atoms with Crippen LogP contribution in [-0.4, -0.2) is 49.7 Å². The van der Waals surface area contributed by atoms with Gasteiger partial charge < -0.3 is 4.90 Å². The summed E-state index contributed by atoms with van der Waals surface area (Å²) in [5.41, 5.74) is 1.12. The van der Waals surface area contributed by atoms with Gasteiger partial charge >= 0.3 is 0 Å². The molecular formula is C15H18N2O3S3. The monoisotopic (exact) mass is 370 g/mol. The first kappa shape index (κ1) is 16.6. The SMILES string of the molecule is Cc1cc(C(=O)N2CCN(S(=O)(=O)c3cccs3)CC2)sc1C. The maximum atomic E-state index is 12.5. The Bertz CT molecular complexity index is 782. The summed E-state index contributed by atoms with van der Waals surface area (Å²) in [5, 5.41) is 1.76. The van der Waals surface area contributed by atoms with E-state index in [2.05, 4.69) is 0 Å². The van der Waals surface area contributed by atoms with E-state index in [1.807, 2.05) is 19.9 Å². The molecule has 0 bridgehead atoms. The van der Waals surface area contributed by atoms with Crippen molar-refractivity contribution in [1.29, 1.82) is 0 Å². The van der Waals surface area contributed by atoms with Crippen LogP contribution in [0.3, 0.4) is 0 Å². The number of carbonyl (C=O) groups excluding carboxylic acids is 1. The van der Waals surface area contributed by atoms with E-state index in [0.29, 0.717) is 30.4 Å². The van der Waals surface area contributed by atoms with Gasteiger partial charge in [0.25, 0.3) is 15.9 Å². The lowest BCUT2D eigenvalue weighted by Gasteiger charge is -2.33. The lowest BCUT2D eigenvalue weighted by atomic mass is 10.2. The lowest BCUT2D eigenvalue weighted by molar-refractivity contribution is 0.0703. The first-order chi connectivity index (χ1) is 10.9. The van der Waals surface area contributed by atoms with E-state index in [1.54, 1.807) is 22.4 Å². The van der Waals surface area contributed by atoms with Crippen molar-refractivity contribution in [1.82, 2.24) is 9.21 Å². The number of carbonyl (C=O) groups is 1. The van der Waals surface area contributed by atoms with Crippen LogP contribution in [0.2, 0.25) is 0 Å². The number of aryl methyl sites for hydroxylation is 2. The van der Waals surface area contributed by atoms with Gasteiger partial charge in [-0.15, -0.1) is 22.7 Å². The normalized spacial score (nSPS) is 16.7. The summed E-state index contributed by atoms with van der Waals surface area (Å²) in [6.07, 6.45) is 0. The molecule has 0 aliphatic carbocycles. The number of nitrogens with zero attached hydrogens (tertiary/aromatic N) is 2. The Morgan fingerprint density at radius 1 is 1.17 bits per heavy atom. The van der Waals surface area contributed by atoms with Gasteiger partial charge in [0, 0.05) is 31.1 Å². The second-order valence-electron chi connectivity index (χ2n) is 5.48. The fourth-order valence-electron chi connectivity index (χ4n) is 2.50. The molecule has 0 saturated carbocycles. The molecule has 5 nitrogen and oxygen atoms in total. The molecule has 1 saturated heterocycles. The van der Waals surface area contributed by atoms with Crippen molar-refractivity contribution in [3.63, 3.8) is 0 Å². The van der Waals surface area contributed by atoms with Gasteiger partial charge in [-0.2, -0.15) is 4.31 Å². The van der Waals surface area contributed by atoms with Gasteiger partial charge in [0.05, 0.1) is 4.88 Å². The second-order valence-corrected chi connectivity index (χ2v) is 9.85. The van der Waals surface area contributed by atoms with Crippen LogP contribution in [-0.2, 0) is 10.0 Å². The Labute approximate surface area is 144 Å². The molecule has 0 radical (unpaired) electrons. The Balaban J connectivity index is 1.68. The van der Waals surface area contributed by atoms with Crippen LogP contribution in [0, 0.1) is 13.8 Å². The second kappa shape index (κ2) is 6.35. The molecule has 0 spiro atoms. The third-order valence-electron chi connectivity index (χ3n) is 3.99. The topological polar surface area (TPSA) is 57.7 Å². The Morgan fingerprint density at radius 2 is 1.87 bits per heavy atom. The van der Waals surface area contributed by atoms with E-state index in [1.165, 1.54) is 27.0 Å². The van der Waals surface area contributed by atoms with E-state index >= 15 is 0 Å². The highest BCUT2D eigenvalue weighted by atomic mass is 32.2. The quantitative estimate of drug-likeness (QED) is 0.834. The van der Waals surface area contributed by atoms with Gasteiger partial charge in [-0.3, -0.25) is 4.79 Å². The van der Waals surface area contributed by atoms with Crippen LogP contribution in [0.15, 0.2) is 27.8 Å². The molecule has 0 N–H and O–H groups in total. The van der Waals surface area contributed by atoms with Crippen LogP contribution in [0.4, 0.5) is 0 Å². The number of sulfonamides is 1. The maximum Gasteiger partial charge on any atom is 0.264 e. The highest BCUT2D eigenvalue weighted by Crippen LogP contribution is 2.25. The minimum absolute atomic E-state index is 0.000582. The average Bonchev–Trinajstić information content (AvgIpc) is 3.18. The minimum atomic E-state index is -3.42. The van der Waals surface area contributed by atoms with E-state index in [-0.39, 0.29) is 5.91 Å². The summed E-state index contributed by atoms with van der Waals surface area (Å²) in [7, 11) is -3.42. The summed E-state index contributed by atoms with van der Waals surface area (Å²) >= 11 is 2.72. The summed E-state index contributed by atoms with van der Waals surface area (Å²) < 4.78 is 26.8. The Kier molecular flexibility index (Phi) is 4.59. The molecule has 1 aliphatic rings. The average molecular weight is 371 g/mol. The third-order valence-corrected chi connectivity index (χ3v) is 8.40. The zero-order valence-electron chi connectivity index (χ0n) is 13.0. The van der Waals surface area contributed by atoms with Crippen LogP contribution in [0.1, 0.15) is 20.1 Å². The van der Waals surface area contributed by atoms with E-state index in [4.69, 9.17) is 0 Å². The number of hydrogen-bond acceptors (Lipinski definition) is 5. The molecule has 2 aromatic heterocycles. The number of amides is 1. The molecule has 0 atom stereocenters. The number of piperazine rings is 1. The standard InChI is InChI=1S/C15H18N2O3S3/c1-11-10-13(22-12(11)2)15(18)16-5-7-17(8-6-16)23(19,20)14-4-3-9-21-14/h3-4,9-10H,5-8H2,1-2H3. The van der Waals surface area contributed by atoms with Crippen molar-refractivity contribution in [2.75, 3.05) is 26.2 Å². The van der Waals surface area contributed by atoms with Gasteiger partial charge in [-0.05, 0) is 36.9 Å². The molecule has 0 unspecified atom stereocenters. The van der Waals surface area contributed by atoms with Gasteiger partial charge in [0.2, 0.25) is 0 Å². The number of hydrogen-bond donors (Lipinski definition) is 0. The molecule has 1 aliphatic heterocycles. The zero-order valence-corrected chi connectivity index (χ0v) is 15.4. The first-order valence-corrected chi connectivity index (χ1v) is 10.4. The van der Waals surface area contributed by atoms with E-state index in [9.17, 15) is 13.2 Å². The van der Waals surface area contributed by atoms with Crippen LogP contribution in [0.25, 0.3) is 0 Å². The van der Waals surface area contributed by atoms with Gasteiger partial charge in [-0.1, -0.05) is 6.07 Å². The van der Waals surface area contributed by atoms with Crippen LogP contribution < -0.4 is 0 Å². The van der Waals surface area contributed by atoms with Crippen molar-refractivity contribution in [2.45, 2.75) is 18.1 Å². The fourth-order valence-corrected chi connectivity index (χ4v) is 6.07. The van der Waals surface area contributed by atoms with Gasteiger partial charge in [-0.25, -0.2) is 8.42 Å². The summed E-state index contributed by atoms with van der Waals surface area (Å²) in [4.78, 5) is 16.1. The third kappa shape index (κ3) is 3.21. The van der Waals surface area contributed by atoms with Crippen LogP contribution >= 0.6 is 22.7 Å². The molecular weight excluding hydrogens is 352 g/mol. The molecule has 23 heavy (non-hydrogen) atoms. The summed E-state index contributed by atoms with van der Waals surface area (Å²) in [5.74, 6) is -0.000582. The Morgan fingerprint density at radius 3 is 2.39 bits per heavy atom. The molecule has 124 valence electrons. The van der Waals surface area contributed by atoms with E-state index in [0.717, 1.165) is 15.3 Å². The molecule has 0 aromatic carbocycles. The van der Waals surface area contributed by atoms with Crippen molar-refractivity contribution in [3.8, 4) is 0 Å². The molecule has 3 rings (SSSR count). The van der Waals surface area contributed by atoms with Crippen LogP contribution in [0.5, 0.6) is 0 Å². The fraction of sp³-hybridized carbons (Fsp3) is 0.400. The molecule has 1 amide bonds. The smallest absolute Gasteiger partial charge is 0.264 e. The molecule has 1 fully saturated rings. The number of thiophene rings is 2.